The molecule has 0 spiro atoms. The van der Waals surface area contributed by atoms with Gasteiger partial charge in [0.15, 0.2) is 0 Å². The van der Waals surface area contributed by atoms with Crippen LogP contribution in [0, 0.1) is 0 Å². The van der Waals surface area contributed by atoms with Crippen LogP contribution in [-0.2, 0) is 13.0 Å². The van der Waals surface area contributed by atoms with E-state index in [1.54, 1.807) is 0 Å². The summed E-state index contributed by atoms with van der Waals surface area (Å²) in [7, 11) is 0. The minimum atomic E-state index is 1.11. The lowest BCUT2D eigenvalue weighted by molar-refractivity contribution is 0.132. The van der Waals surface area contributed by atoms with E-state index in [1.807, 2.05) is 0 Å². The molecule has 0 bridgehead atoms. The molecule has 2 aliphatic rings. The number of benzene rings is 1. The lowest BCUT2D eigenvalue weighted by Crippen LogP contribution is -2.45. The number of piperazine rings is 1. The predicted octanol–water partition coefficient (Wildman–Crippen LogP) is 1.79. The third-order valence-electron chi connectivity index (χ3n) is 4.20. The fourth-order valence-electron chi connectivity index (χ4n) is 2.98. The molecular weight excluding hydrogens is 222 g/mol. The average molecular weight is 245 g/mol. The van der Waals surface area contributed by atoms with E-state index in [-0.39, 0.29) is 0 Å². The van der Waals surface area contributed by atoms with E-state index in [1.165, 1.54) is 56.0 Å². The standard InChI is InChI=1S/C15H23N3/c1-2-17-7-9-18(10-8-17)12-13-3-4-15-14(11-13)5-6-16-15/h3-4,11,16H,2,5-10,12H2,1H3. The van der Waals surface area contributed by atoms with Crippen molar-refractivity contribution in [3.8, 4) is 0 Å². The van der Waals surface area contributed by atoms with Crippen molar-refractivity contribution >= 4 is 5.69 Å². The molecule has 98 valence electrons. The highest BCUT2D eigenvalue weighted by molar-refractivity contribution is 5.56. The van der Waals surface area contributed by atoms with Crippen LogP contribution >= 0.6 is 0 Å². The maximum absolute atomic E-state index is 3.42. The molecule has 3 rings (SSSR count). The number of fused-ring (bicyclic) bond motifs is 1. The van der Waals surface area contributed by atoms with Crippen molar-refractivity contribution in [1.29, 1.82) is 0 Å². The number of nitrogens with one attached hydrogen (secondary N) is 1. The Bertz CT molecular complexity index is 408. The number of likely N-dealkylation sites (N-methyl/N-ethyl adjacent to an activating group) is 1. The molecule has 2 heterocycles. The molecule has 0 saturated carbocycles. The van der Waals surface area contributed by atoms with Gasteiger partial charge in [0.25, 0.3) is 0 Å². The van der Waals surface area contributed by atoms with Crippen LogP contribution in [-0.4, -0.2) is 49.1 Å². The molecular formula is C15H23N3. The van der Waals surface area contributed by atoms with E-state index < -0.39 is 0 Å². The molecule has 1 N–H and O–H groups in total. The van der Waals surface area contributed by atoms with Crippen molar-refractivity contribution in [2.75, 3.05) is 44.6 Å². The fourth-order valence-corrected chi connectivity index (χ4v) is 2.98. The van der Waals surface area contributed by atoms with Gasteiger partial charge < -0.3 is 10.2 Å². The molecule has 2 aliphatic heterocycles. The van der Waals surface area contributed by atoms with Gasteiger partial charge in [-0.15, -0.1) is 0 Å². The Morgan fingerprint density at radius 2 is 1.89 bits per heavy atom. The first kappa shape index (κ1) is 12.0. The third-order valence-corrected chi connectivity index (χ3v) is 4.20. The Morgan fingerprint density at radius 3 is 2.67 bits per heavy atom. The van der Waals surface area contributed by atoms with Crippen LogP contribution in [0.3, 0.4) is 0 Å². The second kappa shape index (κ2) is 5.29. The van der Waals surface area contributed by atoms with Gasteiger partial charge in [-0.25, -0.2) is 0 Å². The van der Waals surface area contributed by atoms with Gasteiger partial charge in [0.2, 0.25) is 0 Å². The lowest BCUT2D eigenvalue weighted by Gasteiger charge is -2.34. The summed E-state index contributed by atoms with van der Waals surface area (Å²) in [5.41, 5.74) is 4.32. The SMILES string of the molecule is CCN1CCN(Cc2ccc3c(c2)CCN3)CC1. The zero-order valence-electron chi connectivity index (χ0n) is 11.3. The first-order valence-corrected chi connectivity index (χ1v) is 7.15. The largest absolute Gasteiger partial charge is 0.384 e. The Labute approximate surface area is 110 Å². The maximum atomic E-state index is 3.42. The van der Waals surface area contributed by atoms with Crippen molar-refractivity contribution in [3.63, 3.8) is 0 Å². The molecule has 0 unspecified atom stereocenters. The minimum absolute atomic E-state index is 1.11. The number of rotatable bonds is 3. The topological polar surface area (TPSA) is 18.5 Å². The Hall–Kier alpha value is -1.06. The molecule has 0 amide bonds. The van der Waals surface area contributed by atoms with Crippen LogP contribution < -0.4 is 5.32 Å². The molecule has 0 aromatic heterocycles. The van der Waals surface area contributed by atoms with Gasteiger partial charge in [-0.05, 0) is 30.2 Å². The van der Waals surface area contributed by atoms with Crippen LogP contribution in [0.1, 0.15) is 18.1 Å². The van der Waals surface area contributed by atoms with Crippen molar-refractivity contribution < 1.29 is 0 Å². The minimum Gasteiger partial charge on any atom is -0.384 e. The van der Waals surface area contributed by atoms with E-state index in [0.29, 0.717) is 0 Å². The van der Waals surface area contributed by atoms with Gasteiger partial charge in [0.1, 0.15) is 0 Å². The van der Waals surface area contributed by atoms with Crippen molar-refractivity contribution in [2.45, 2.75) is 19.9 Å². The average Bonchev–Trinajstić information content (AvgIpc) is 2.87. The number of anilines is 1. The van der Waals surface area contributed by atoms with Crippen LogP contribution in [0.15, 0.2) is 18.2 Å². The molecule has 0 aliphatic carbocycles. The summed E-state index contributed by atoms with van der Waals surface area (Å²) in [6.07, 6.45) is 1.19. The van der Waals surface area contributed by atoms with Crippen molar-refractivity contribution in [2.24, 2.45) is 0 Å². The summed E-state index contributed by atoms with van der Waals surface area (Å²) in [5, 5.41) is 3.42. The normalized spacial score (nSPS) is 20.7. The van der Waals surface area contributed by atoms with E-state index in [2.05, 4.69) is 40.2 Å². The number of nitrogens with zero attached hydrogens (tertiary/aromatic N) is 2. The number of hydrogen-bond donors (Lipinski definition) is 1. The van der Waals surface area contributed by atoms with Gasteiger partial charge >= 0.3 is 0 Å². The predicted molar refractivity (Wildman–Crippen MR) is 76.0 cm³/mol. The van der Waals surface area contributed by atoms with Crippen LogP contribution in [0.4, 0.5) is 5.69 Å². The van der Waals surface area contributed by atoms with Gasteiger partial charge in [-0.2, -0.15) is 0 Å². The second-order valence-corrected chi connectivity index (χ2v) is 5.38. The maximum Gasteiger partial charge on any atom is 0.0373 e. The summed E-state index contributed by atoms with van der Waals surface area (Å²) in [5.74, 6) is 0. The van der Waals surface area contributed by atoms with Crippen LogP contribution in [0.2, 0.25) is 0 Å². The quantitative estimate of drug-likeness (QED) is 0.876. The zero-order chi connectivity index (χ0) is 12.4. The Morgan fingerprint density at radius 1 is 1.11 bits per heavy atom. The highest BCUT2D eigenvalue weighted by Crippen LogP contribution is 2.23. The Balaban J connectivity index is 1.60. The summed E-state index contributed by atoms with van der Waals surface area (Å²) < 4.78 is 0. The Kier molecular flexibility index (Phi) is 3.52. The summed E-state index contributed by atoms with van der Waals surface area (Å²) >= 11 is 0. The monoisotopic (exact) mass is 245 g/mol. The second-order valence-electron chi connectivity index (χ2n) is 5.38. The molecule has 0 radical (unpaired) electrons. The highest BCUT2D eigenvalue weighted by atomic mass is 15.3. The first-order chi connectivity index (χ1) is 8.85. The molecule has 1 fully saturated rings. The van der Waals surface area contributed by atoms with Gasteiger partial charge in [-0.3, -0.25) is 4.90 Å². The number of hydrogen-bond acceptors (Lipinski definition) is 3. The molecule has 1 aromatic carbocycles. The smallest absolute Gasteiger partial charge is 0.0373 e. The molecule has 18 heavy (non-hydrogen) atoms. The van der Waals surface area contributed by atoms with E-state index in [4.69, 9.17) is 0 Å². The third kappa shape index (κ3) is 2.52. The molecule has 3 heteroatoms. The van der Waals surface area contributed by atoms with Crippen LogP contribution in [0.25, 0.3) is 0 Å². The molecule has 3 nitrogen and oxygen atoms in total. The van der Waals surface area contributed by atoms with Gasteiger partial charge in [0, 0.05) is 45.0 Å². The summed E-state index contributed by atoms with van der Waals surface area (Å²) in [6, 6.07) is 6.92. The van der Waals surface area contributed by atoms with Crippen LogP contribution in [0.5, 0.6) is 0 Å². The van der Waals surface area contributed by atoms with E-state index >= 15 is 0 Å². The first-order valence-electron chi connectivity index (χ1n) is 7.15. The zero-order valence-corrected chi connectivity index (χ0v) is 11.3. The van der Waals surface area contributed by atoms with E-state index in [0.717, 1.165) is 13.1 Å². The molecule has 1 saturated heterocycles. The highest BCUT2D eigenvalue weighted by Gasteiger charge is 2.16. The summed E-state index contributed by atoms with van der Waals surface area (Å²) in [4.78, 5) is 5.11. The van der Waals surface area contributed by atoms with Crippen molar-refractivity contribution in [1.82, 2.24) is 9.80 Å². The molecule has 1 aromatic rings. The van der Waals surface area contributed by atoms with Crippen molar-refractivity contribution in [3.05, 3.63) is 29.3 Å². The van der Waals surface area contributed by atoms with Gasteiger partial charge in [-0.1, -0.05) is 19.1 Å². The summed E-state index contributed by atoms with van der Waals surface area (Å²) in [6.45, 7) is 10.5. The van der Waals surface area contributed by atoms with Gasteiger partial charge in [0.05, 0.1) is 0 Å². The fraction of sp³-hybridized carbons (Fsp3) is 0.600. The lowest BCUT2D eigenvalue weighted by atomic mass is 10.1. The van der Waals surface area contributed by atoms with E-state index in [9.17, 15) is 0 Å². The molecule has 0 atom stereocenters.